The van der Waals surface area contributed by atoms with Crippen LogP contribution in [0.4, 0.5) is 5.69 Å². The fourth-order valence-electron chi connectivity index (χ4n) is 2.65. The summed E-state index contributed by atoms with van der Waals surface area (Å²) in [5, 5.41) is 11.8. The number of primary amides is 1. The van der Waals surface area contributed by atoms with Gasteiger partial charge in [-0.1, -0.05) is 0 Å². The largest absolute Gasteiger partial charge is 0.366 e. The quantitative estimate of drug-likeness (QED) is 0.663. The number of nitrogens with two attached hydrogens (primary N) is 1. The Balaban J connectivity index is 1.53. The van der Waals surface area contributed by atoms with E-state index < -0.39 is 15.9 Å². The number of sulfonamides is 1. The summed E-state index contributed by atoms with van der Waals surface area (Å²) in [5.41, 5.74) is 6.62. The fraction of sp³-hybridized carbons (Fsp3) is 0.176. The molecule has 0 unspecified atom stereocenters. The van der Waals surface area contributed by atoms with Crippen molar-refractivity contribution in [3.8, 4) is 11.4 Å². The van der Waals surface area contributed by atoms with Gasteiger partial charge in [0.15, 0.2) is 5.82 Å². The predicted molar refractivity (Wildman–Crippen MR) is 97.3 cm³/mol. The standard InChI is InChI=1S/C17H16N6O3S/c18-16(24)11-3-9-15(10-4-11)27(25,26)20-13-5-1-12(2-6-13)17-19-21-22-23(17)14-7-8-14/h1-6,9-10,14,20H,7-8H2,(H2,18,24). The van der Waals surface area contributed by atoms with Gasteiger partial charge in [0, 0.05) is 16.8 Å². The van der Waals surface area contributed by atoms with Crippen molar-refractivity contribution in [1.29, 1.82) is 0 Å². The van der Waals surface area contributed by atoms with E-state index >= 15 is 0 Å². The Labute approximate surface area is 155 Å². The Hall–Kier alpha value is -3.27. The van der Waals surface area contributed by atoms with Gasteiger partial charge in [-0.25, -0.2) is 13.1 Å². The van der Waals surface area contributed by atoms with E-state index in [1.807, 2.05) is 0 Å². The predicted octanol–water partition coefficient (Wildman–Crippen LogP) is 1.57. The molecule has 0 aliphatic heterocycles. The number of aromatic nitrogens is 4. The summed E-state index contributed by atoms with van der Waals surface area (Å²) in [7, 11) is -3.78. The minimum atomic E-state index is -3.78. The van der Waals surface area contributed by atoms with Gasteiger partial charge < -0.3 is 5.73 Å². The van der Waals surface area contributed by atoms with Crippen LogP contribution in [0.2, 0.25) is 0 Å². The van der Waals surface area contributed by atoms with Gasteiger partial charge in [0.1, 0.15) is 0 Å². The molecule has 1 fully saturated rings. The summed E-state index contributed by atoms with van der Waals surface area (Å²) in [6.45, 7) is 0. The number of nitrogens with zero attached hydrogens (tertiary/aromatic N) is 4. The number of nitrogens with one attached hydrogen (secondary N) is 1. The third-order valence-electron chi connectivity index (χ3n) is 4.23. The summed E-state index contributed by atoms with van der Waals surface area (Å²) in [4.78, 5) is 11.1. The topological polar surface area (TPSA) is 133 Å². The number of amides is 1. The van der Waals surface area contributed by atoms with Gasteiger partial charge in [-0.05, 0) is 71.8 Å². The molecule has 1 amide bonds. The highest BCUT2D eigenvalue weighted by molar-refractivity contribution is 7.92. The smallest absolute Gasteiger partial charge is 0.261 e. The van der Waals surface area contributed by atoms with Gasteiger partial charge in [0.05, 0.1) is 10.9 Å². The molecule has 2 aromatic carbocycles. The molecule has 0 bridgehead atoms. The van der Waals surface area contributed by atoms with Crippen molar-refractivity contribution in [1.82, 2.24) is 20.2 Å². The van der Waals surface area contributed by atoms with Crippen LogP contribution in [-0.4, -0.2) is 34.5 Å². The van der Waals surface area contributed by atoms with E-state index in [0.29, 0.717) is 17.6 Å². The maximum absolute atomic E-state index is 12.5. The van der Waals surface area contributed by atoms with Crippen molar-refractivity contribution in [2.75, 3.05) is 4.72 Å². The highest BCUT2D eigenvalue weighted by Gasteiger charge is 2.28. The molecule has 9 nitrogen and oxygen atoms in total. The summed E-state index contributed by atoms with van der Waals surface area (Å²) < 4.78 is 29.3. The van der Waals surface area contributed by atoms with Crippen LogP contribution in [0.1, 0.15) is 29.2 Å². The molecule has 138 valence electrons. The highest BCUT2D eigenvalue weighted by atomic mass is 32.2. The van der Waals surface area contributed by atoms with E-state index in [1.165, 1.54) is 24.3 Å². The molecule has 0 spiro atoms. The monoisotopic (exact) mass is 384 g/mol. The average Bonchev–Trinajstić information content (AvgIpc) is 3.39. The zero-order valence-electron chi connectivity index (χ0n) is 14.1. The second-order valence-electron chi connectivity index (χ2n) is 6.25. The molecule has 1 aromatic heterocycles. The van der Waals surface area contributed by atoms with Gasteiger partial charge in [0.2, 0.25) is 5.91 Å². The SMILES string of the molecule is NC(=O)c1ccc(S(=O)(=O)Nc2ccc(-c3nnnn3C3CC3)cc2)cc1. The Morgan fingerprint density at radius 3 is 2.33 bits per heavy atom. The number of hydrogen-bond donors (Lipinski definition) is 2. The van der Waals surface area contributed by atoms with E-state index in [9.17, 15) is 13.2 Å². The van der Waals surface area contributed by atoms with Gasteiger partial charge in [-0.15, -0.1) is 5.10 Å². The molecule has 1 aliphatic rings. The second-order valence-corrected chi connectivity index (χ2v) is 7.93. The average molecular weight is 384 g/mol. The van der Waals surface area contributed by atoms with Crippen molar-refractivity contribution < 1.29 is 13.2 Å². The van der Waals surface area contributed by atoms with Crippen molar-refractivity contribution in [3.05, 3.63) is 54.1 Å². The van der Waals surface area contributed by atoms with E-state index in [0.717, 1.165) is 18.4 Å². The number of rotatable bonds is 6. The van der Waals surface area contributed by atoms with Crippen LogP contribution < -0.4 is 10.5 Å². The third kappa shape index (κ3) is 3.51. The number of benzene rings is 2. The van der Waals surface area contributed by atoms with Crippen molar-refractivity contribution in [3.63, 3.8) is 0 Å². The molecule has 3 aromatic rings. The molecule has 10 heteroatoms. The first-order valence-electron chi connectivity index (χ1n) is 8.25. The van der Waals surface area contributed by atoms with Crippen LogP contribution in [0.25, 0.3) is 11.4 Å². The highest BCUT2D eigenvalue weighted by Crippen LogP contribution is 2.36. The third-order valence-corrected chi connectivity index (χ3v) is 5.63. The summed E-state index contributed by atoms with van der Waals surface area (Å²) in [5.74, 6) is 0.0463. The van der Waals surface area contributed by atoms with E-state index in [4.69, 9.17) is 5.73 Å². The van der Waals surface area contributed by atoms with Crippen LogP contribution in [-0.2, 0) is 10.0 Å². The number of hydrogen-bond acceptors (Lipinski definition) is 6. The van der Waals surface area contributed by atoms with Gasteiger partial charge in [-0.2, -0.15) is 0 Å². The number of carbonyl (C=O) groups excluding carboxylic acids is 1. The van der Waals surface area contributed by atoms with E-state index in [-0.39, 0.29) is 10.5 Å². The fourth-order valence-corrected chi connectivity index (χ4v) is 3.71. The van der Waals surface area contributed by atoms with Gasteiger partial charge in [0.25, 0.3) is 10.0 Å². The van der Waals surface area contributed by atoms with E-state index in [1.54, 1.807) is 28.9 Å². The summed E-state index contributed by atoms with van der Waals surface area (Å²) in [6.07, 6.45) is 2.12. The number of anilines is 1. The second kappa shape index (κ2) is 6.47. The molecule has 27 heavy (non-hydrogen) atoms. The lowest BCUT2D eigenvalue weighted by atomic mass is 10.2. The van der Waals surface area contributed by atoms with Crippen LogP contribution in [0.5, 0.6) is 0 Å². The molecule has 1 heterocycles. The zero-order valence-corrected chi connectivity index (χ0v) is 14.9. The molecular weight excluding hydrogens is 368 g/mol. The first kappa shape index (κ1) is 17.2. The van der Waals surface area contributed by atoms with Crippen molar-refractivity contribution in [2.24, 2.45) is 5.73 Å². The molecule has 3 N–H and O–H groups in total. The van der Waals surface area contributed by atoms with Crippen LogP contribution in [0.3, 0.4) is 0 Å². The Morgan fingerprint density at radius 1 is 1.07 bits per heavy atom. The minimum absolute atomic E-state index is 0.0363. The lowest BCUT2D eigenvalue weighted by Gasteiger charge is -2.09. The molecule has 0 radical (unpaired) electrons. The maximum Gasteiger partial charge on any atom is 0.261 e. The summed E-state index contributed by atoms with van der Waals surface area (Å²) >= 11 is 0. The van der Waals surface area contributed by atoms with Crippen LogP contribution >= 0.6 is 0 Å². The van der Waals surface area contributed by atoms with Gasteiger partial charge >= 0.3 is 0 Å². The Kier molecular flexibility index (Phi) is 4.11. The maximum atomic E-state index is 12.5. The lowest BCUT2D eigenvalue weighted by molar-refractivity contribution is 0.1000. The van der Waals surface area contributed by atoms with E-state index in [2.05, 4.69) is 20.2 Å². The molecule has 0 saturated heterocycles. The van der Waals surface area contributed by atoms with Crippen LogP contribution in [0, 0.1) is 0 Å². The lowest BCUT2D eigenvalue weighted by Crippen LogP contribution is -2.14. The van der Waals surface area contributed by atoms with Crippen molar-refractivity contribution >= 4 is 21.6 Å². The first-order valence-corrected chi connectivity index (χ1v) is 9.73. The summed E-state index contributed by atoms with van der Waals surface area (Å²) in [6, 6.07) is 12.6. The Morgan fingerprint density at radius 2 is 1.74 bits per heavy atom. The molecule has 0 atom stereocenters. The molecule has 1 aliphatic carbocycles. The number of carbonyl (C=O) groups is 1. The van der Waals surface area contributed by atoms with Gasteiger partial charge in [-0.3, -0.25) is 9.52 Å². The molecular formula is C17H16N6O3S. The van der Waals surface area contributed by atoms with Crippen LogP contribution in [0.15, 0.2) is 53.4 Å². The zero-order chi connectivity index (χ0) is 19.0. The first-order chi connectivity index (χ1) is 12.9. The molecule has 1 saturated carbocycles. The normalized spacial score (nSPS) is 14.1. The molecule has 4 rings (SSSR count). The Bertz CT molecular complexity index is 1090. The van der Waals surface area contributed by atoms with Crippen molar-refractivity contribution in [2.45, 2.75) is 23.8 Å². The number of tetrazole rings is 1. The minimum Gasteiger partial charge on any atom is -0.366 e.